The maximum atomic E-state index is 12.3. The Balaban J connectivity index is 1.87. The van der Waals surface area contributed by atoms with Gasteiger partial charge in [0, 0.05) is 37.8 Å². The van der Waals surface area contributed by atoms with Crippen LogP contribution in [0.3, 0.4) is 0 Å². The topological polar surface area (TPSA) is 75.9 Å². The van der Waals surface area contributed by atoms with Crippen molar-refractivity contribution in [1.29, 1.82) is 0 Å². The summed E-state index contributed by atoms with van der Waals surface area (Å²) >= 11 is 0. The summed E-state index contributed by atoms with van der Waals surface area (Å²) < 4.78 is 2.02. The molecule has 1 N–H and O–H groups in total. The van der Waals surface area contributed by atoms with E-state index in [4.69, 9.17) is 4.98 Å². The monoisotopic (exact) mass is 356 g/mol. The molecule has 3 heterocycles. The van der Waals surface area contributed by atoms with E-state index in [0.29, 0.717) is 18.2 Å². The fourth-order valence-corrected chi connectivity index (χ4v) is 3.34. The fourth-order valence-electron chi connectivity index (χ4n) is 3.34. The highest BCUT2D eigenvalue weighted by Crippen LogP contribution is 2.24. The van der Waals surface area contributed by atoms with Crippen molar-refractivity contribution in [3.63, 3.8) is 0 Å². The Hall–Kier alpha value is -2.44. The molecule has 7 heteroatoms. The van der Waals surface area contributed by atoms with Gasteiger partial charge in [-0.3, -0.25) is 9.48 Å². The SMILES string of the molecule is Cc1cc(C)n(CCN(C)c2nc(CC(C)C)nc3c2CCNC3=O)n1. The van der Waals surface area contributed by atoms with Crippen LogP contribution in [0.25, 0.3) is 0 Å². The van der Waals surface area contributed by atoms with E-state index < -0.39 is 0 Å². The van der Waals surface area contributed by atoms with Gasteiger partial charge in [0.2, 0.25) is 0 Å². The van der Waals surface area contributed by atoms with Crippen LogP contribution in [0.1, 0.15) is 47.1 Å². The van der Waals surface area contributed by atoms with E-state index in [0.717, 1.165) is 54.5 Å². The molecular weight excluding hydrogens is 328 g/mol. The third-order valence-corrected chi connectivity index (χ3v) is 4.61. The van der Waals surface area contributed by atoms with Crippen molar-refractivity contribution in [1.82, 2.24) is 25.1 Å². The largest absolute Gasteiger partial charge is 0.357 e. The molecule has 3 rings (SSSR count). The summed E-state index contributed by atoms with van der Waals surface area (Å²) in [6.07, 6.45) is 1.53. The van der Waals surface area contributed by atoms with Gasteiger partial charge in [-0.15, -0.1) is 0 Å². The number of hydrogen-bond donors (Lipinski definition) is 1. The molecule has 0 saturated heterocycles. The van der Waals surface area contributed by atoms with Crippen LogP contribution < -0.4 is 10.2 Å². The number of carbonyl (C=O) groups is 1. The molecule has 0 aliphatic carbocycles. The van der Waals surface area contributed by atoms with Gasteiger partial charge in [-0.25, -0.2) is 9.97 Å². The number of carbonyl (C=O) groups excluding carboxylic acids is 1. The van der Waals surface area contributed by atoms with E-state index in [1.165, 1.54) is 0 Å². The number of fused-ring (bicyclic) bond motifs is 1. The van der Waals surface area contributed by atoms with E-state index in [9.17, 15) is 4.79 Å². The van der Waals surface area contributed by atoms with Crippen LogP contribution in [0.2, 0.25) is 0 Å². The second-order valence-electron chi connectivity index (χ2n) is 7.47. The Morgan fingerprint density at radius 2 is 2.08 bits per heavy atom. The van der Waals surface area contributed by atoms with Crippen LogP contribution >= 0.6 is 0 Å². The van der Waals surface area contributed by atoms with Crippen LogP contribution in [0.4, 0.5) is 5.82 Å². The van der Waals surface area contributed by atoms with Gasteiger partial charge in [-0.2, -0.15) is 5.10 Å². The minimum absolute atomic E-state index is 0.0909. The maximum absolute atomic E-state index is 12.3. The highest BCUT2D eigenvalue weighted by Gasteiger charge is 2.25. The highest BCUT2D eigenvalue weighted by molar-refractivity contribution is 5.96. The fraction of sp³-hybridized carbons (Fsp3) is 0.579. The smallest absolute Gasteiger partial charge is 0.270 e. The number of nitrogens with one attached hydrogen (secondary N) is 1. The highest BCUT2D eigenvalue weighted by atomic mass is 16.1. The molecule has 0 unspecified atom stereocenters. The first-order valence-electron chi connectivity index (χ1n) is 9.25. The number of anilines is 1. The lowest BCUT2D eigenvalue weighted by atomic mass is 10.0. The molecule has 0 fully saturated rings. The van der Waals surface area contributed by atoms with E-state index in [2.05, 4.69) is 47.1 Å². The molecule has 26 heavy (non-hydrogen) atoms. The van der Waals surface area contributed by atoms with Gasteiger partial charge in [-0.1, -0.05) is 13.8 Å². The van der Waals surface area contributed by atoms with Gasteiger partial charge in [0.1, 0.15) is 17.3 Å². The summed E-state index contributed by atoms with van der Waals surface area (Å²) in [6, 6.07) is 2.08. The molecule has 0 spiro atoms. The zero-order valence-corrected chi connectivity index (χ0v) is 16.3. The van der Waals surface area contributed by atoms with Crippen LogP contribution in [-0.2, 0) is 19.4 Å². The molecule has 2 aromatic heterocycles. The normalized spacial score (nSPS) is 13.7. The van der Waals surface area contributed by atoms with Gasteiger partial charge in [-0.05, 0) is 32.3 Å². The van der Waals surface area contributed by atoms with Gasteiger partial charge < -0.3 is 10.2 Å². The number of likely N-dealkylation sites (N-methyl/N-ethyl adjacent to an activating group) is 1. The quantitative estimate of drug-likeness (QED) is 0.856. The average molecular weight is 356 g/mol. The molecule has 140 valence electrons. The summed E-state index contributed by atoms with van der Waals surface area (Å²) in [7, 11) is 2.03. The van der Waals surface area contributed by atoms with E-state index in [1.807, 2.05) is 18.7 Å². The van der Waals surface area contributed by atoms with Gasteiger partial charge in [0.05, 0.1) is 12.2 Å². The second kappa shape index (κ2) is 7.43. The Labute approximate surface area is 154 Å². The van der Waals surface area contributed by atoms with Crippen LogP contribution in [0.15, 0.2) is 6.07 Å². The molecule has 0 bridgehead atoms. The number of amides is 1. The summed E-state index contributed by atoms with van der Waals surface area (Å²) in [4.78, 5) is 23.8. The van der Waals surface area contributed by atoms with Crippen molar-refractivity contribution in [3.05, 3.63) is 34.5 Å². The van der Waals surface area contributed by atoms with Crippen molar-refractivity contribution < 1.29 is 4.79 Å². The minimum Gasteiger partial charge on any atom is -0.357 e. The van der Waals surface area contributed by atoms with Crippen molar-refractivity contribution in [3.8, 4) is 0 Å². The van der Waals surface area contributed by atoms with Crippen molar-refractivity contribution in [2.45, 2.75) is 47.1 Å². The van der Waals surface area contributed by atoms with Crippen molar-refractivity contribution in [2.24, 2.45) is 5.92 Å². The summed E-state index contributed by atoms with van der Waals surface area (Å²) in [5, 5.41) is 7.42. The Bertz CT molecular complexity index is 811. The number of nitrogens with zero attached hydrogens (tertiary/aromatic N) is 5. The van der Waals surface area contributed by atoms with E-state index in [-0.39, 0.29) is 5.91 Å². The second-order valence-corrected chi connectivity index (χ2v) is 7.47. The summed E-state index contributed by atoms with van der Waals surface area (Å²) in [6.45, 7) is 10.5. The zero-order valence-electron chi connectivity index (χ0n) is 16.3. The average Bonchev–Trinajstić information content (AvgIpc) is 2.90. The summed E-state index contributed by atoms with van der Waals surface area (Å²) in [5.74, 6) is 1.96. The molecule has 1 aliphatic heterocycles. The molecule has 1 aliphatic rings. The van der Waals surface area contributed by atoms with E-state index in [1.54, 1.807) is 0 Å². The molecule has 2 aromatic rings. The van der Waals surface area contributed by atoms with E-state index >= 15 is 0 Å². The molecule has 7 nitrogen and oxygen atoms in total. The predicted octanol–water partition coefficient (Wildman–Crippen LogP) is 1.91. The van der Waals surface area contributed by atoms with Crippen LogP contribution in [-0.4, -0.2) is 45.8 Å². The van der Waals surface area contributed by atoms with Crippen molar-refractivity contribution >= 4 is 11.7 Å². The third-order valence-electron chi connectivity index (χ3n) is 4.61. The minimum atomic E-state index is -0.0909. The van der Waals surface area contributed by atoms with Crippen LogP contribution in [0.5, 0.6) is 0 Å². The molecule has 0 radical (unpaired) electrons. The van der Waals surface area contributed by atoms with Gasteiger partial charge in [0.25, 0.3) is 5.91 Å². The van der Waals surface area contributed by atoms with Crippen LogP contribution in [0, 0.1) is 19.8 Å². The van der Waals surface area contributed by atoms with Crippen molar-refractivity contribution in [2.75, 3.05) is 25.0 Å². The molecular formula is C19H28N6O. The third kappa shape index (κ3) is 3.86. The number of aromatic nitrogens is 4. The lowest BCUT2D eigenvalue weighted by Crippen LogP contribution is -2.36. The maximum Gasteiger partial charge on any atom is 0.270 e. The first-order chi connectivity index (χ1) is 12.3. The summed E-state index contributed by atoms with van der Waals surface area (Å²) in [5.41, 5.74) is 3.67. The Morgan fingerprint density at radius 1 is 1.31 bits per heavy atom. The molecule has 0 atom stereocenters. The molecule has 0 saturated carbocycles. The van der Waals surface area contributed by atoms with Gasteiger partial charge >= 0.3 is 0 Å². The Kier molecular flexibility index (Phi) is 5.25. The zero-order chi connectivity index (χ0) is 18.8. The number of rotatable bonds is 6. The predicted molar refractivity (Wildman–Crippen MR) is 102 cm³/mol. The lowest BCUT2D eigenvalue weighted by molar-refractivity contribution is 0.0940. The van der Waals surface area contributed by atoms with Gasteiger partial charge in [0.15, 0.2) is 0 Å². The standard InChI is InChI=1S/C19H28N6O/c1-12(2)10-16-21-17-15(6-7-20-19(17)26)18(22-16)24(5)8-9-25-14(4)11-13(3)23-25/h11-12H,6-10H2,1-5H3,(H,20,26). The first kappa shape index (κ1) is 18.4. The number of aryl methyl sites for hydroxylation is 2. The molecule has 1 amide bonds. The molecule has 0 aromatic carbocycles. The Morgan fingerprint density at radius 3 is 2.73 bits per heavy atom. The lowest BCUT2D eigenvalue weighted by Gasteiger charge is -2.26. The number of hydrogen-bond acceptors (Lipinski definition) is 5. The first-order valence-corrected chi connectivity index (χ1v) is 9.25.